The van der Waals surface area contributed by atoms with Crippen LogP contribution in [0.2, 0.25) is 0 Å². The average molecular weight is 355 g/mol. The fraction of sp³-hybridized carbons (Fsp3) is 0.647. The Morgan fingerprint density at radius 3 is 2.76 bits per heavy atom. The molecule has 4 heteroatoms. The molecule has 0 aliphatic carbocycles. The zero-order chi connectivity index (χ0) is 15.1. The molecule has 2 N–H and O–H groups in total. The minimum absolute atomic E-state index is 0.226. The van der Waals surface area contributed by atoms with E-state index in [0.29, 0.717) is 5.75 Å². The molecule has 0 radical (unpaired) electrons. The van der Waals surface area contributed by atoms with E-state index < -0.39 is 0 Å². The van der Waals surface area contributed by atoms with Crippen molar-refractivity contribution in [3.05, 3.63) is 28.2 Å². The molecule has 2 rings (SSSR count). The van der Waals surface area contributed by atoms with Gasteiger partial charge >= 0.3 is 0 Å². The summed E-state index contributed by atoms with van der Waals surface area (Å²) in [6.07, 6.45) is 6.27. The maximum atomic E-state index is 10.0. The molecule has 1 aliphatic rings. The number of rotatable bonds is 7. The molecule has 1 aliphatic heterocycles. The maximum absolute atomic E-state index is 10.0. The average Bonchev–Trinajstić information content (AvgIpc) is 2.51. The van der Waals surface area contributed by atoms with Gasteiger partial charge in [0, 0.05) is 16.1 Å². The van der Waals surface area contributed by atoms with Crippen LogP contribution in [-0.2, 0) is 0 Å². The third-order valence-electron chi connectivity index (χ3n) is 4.26. The molecule has 3 nitrogen and oxygen atoms in total. The van der Waals surface area contributed by atoms with Crippen LogP contribution in [0.15, 0.2) is 22.7 Å². The molecule has 118 valence electrons. The van der Waals surface area contributed by atoms with Gasteiger partial charge in [-0.05, 0) is 70.1 Å². The van der Waals surface area contributed by atoms with Gasteiger partial charge in [-0.2, -0.15) is 0 Å². The predicted molar refractivity (Wildman–Crippen MR) is 91.7 cm³/mol. The zero-order valence-corrected chi connectivity index (χ0v) is 14.5. The van der Waals surface area contributed by atoms with Crippen LogP contribution in [0.1, 0.15) is 50.6 Å². The second-order valence-electron chi connectivity index (χ2n) is 5.87. The van der Waals surface area contributed by atoms with Crippen LogP contribution >= 0.6 is 15.9 Å². The first-order valence-electron chi connectivity index (χ1n) is 8.15. The third kappa shape index (κ3) is 5.28. The number of nitrogens with one attached hydrogen (secondary N) is 1. The molecule has 0 aromatic heterocycles. The number of halogens is 1. The first-order chi connectivity index (χ1) is 10.2. The standard InChI is InChI=1S/C17H27BrN2O/c1-2-16(15-13-14(18)7-8-17(15)21)19-9-6-12-20-10-4-3-5-11-20/h7-8,13,16,19,21H,2-6,9-12H2,1H3. The Balaban J connectivity index is 1.78. The van der Waals surface area contributed by atoms with E-state index in [0.717, 1.165) is 23.0 Å². The van der Waals surface area contributed by atoms with Gasteiger partial charge in [0.25, 0.3) is 0 Å². The van der Waals surface area contributed by atoms with Crippen molar-refractivity contribution in [1.29, 1.82) is 0 Å². The lowest BCUT2D eigenvalue weighted by Gasteiger charge is -2.27. The molecular weight excluding hydrogens is 328 g/mol. The highest BCUT2D eigenvalue weighted by Gasteiger charge is 2.14. The quantitative estimate of drug-likeness (QED) is 0.724. The fourth-order valence-electron chi connectivity index (χ4n) is 3.04. The lowest BCUT2D eigenvalue weighted by molar-refractivity contribution is 0.224. The molecule has 1 aromatic carbocycles. The number of aromatic hydroxyl groups is 1. The highest BCUT2D eigenvalue weighted by Crippen LogP contribution is 2.29. The number of likely N-dealkylation sites (tertiary alicyclic amines) is 1. The number of nitrogens with zero attached hydrogens (tertiary/aromatic N) is 1. The number of phenols is 1. The molecule has 1 saturated heterocycles. The van der Waals surface area contributed by atoms with Crippen molar-refractivity contribution < 1.29 is 5.11 Å². The van der Waals surface area contributed by atoms with E-state index >= 15 is 0 Å². The van der Waals surface area contributed by atoms with Crippen molar-refractivity contribution >= 4 is 15.9 Å². The molecule has 1 fully saturated rings. The van der Waals surface area contributed by atoms with Crippen LogP contribution in [0.4, 0.5) is 0 Å². The van der Waals surface area contributed by atoms with Crippen molar-refractivity contribution in [3.63, 3.8) is 0 Å². The Kier molecular flexibility index (Phi) is 7.00. The summed E-state index contributed by atoms with van der Waals surface area (Å²) in [4.78, 5) is 2.57. The molecule has 1 heterocycles. The number of hydrogen-bond donors (Lipinski definition) is 2. The maximum Gasteiger partial charge on any atom is 0.120 e. The molecule has 0 amide bonds. The Hall–Kier alpha value is -0.580. The van der Waals surface area contributed by atoms with Gasteiger partial charge in [-0.1, -0.05) is 29.3 Å². The lowest BCUT2D eigenvalue weighted by Crippen LogP contribution is -2.32. The summed E-state index contributed by atoms with van der Waals surface area (Å²) in [5.41, 5.74) is 0.991. The Labute approximate surface area is 136 Å². The normalized spacial score (nSPS) is 17.8. The molecule has 0 bridgehead atoms. The van der Waals surface area contributed by atoms with Crippen molar-refractivity contribution in [2.24, 2.45) is 0 Å². The molecule has 1 unspecified atom stereocenters. The van der Waals surface area contributed by atoms with Crippen LogP contribution in [0, 0.1) is 0 Å². The van der Waals surface area contributed by atoms with Gasteiger partial charge in [-0.25, -0.2) is 0 Å². The number of phenolic OH excluding ortho intramolecular Hbond substituents is 1. The molecule has 0 spiro atoms. The van der Waals surface area contributed by atoms with E-state index in [1.54, 1.807) is 6.07 Å². The Bertz CT molecular complexity index is 433. The lowest BCUT2D eigenvalue weighted by atomic mass is 10.0. The molecule has 0 saturated carbocycles. The van der Waals surface area contributed by atoms with Gasteiger partial charge in [0.2, 0.25) is 0 Å². The van der Waals surface area contributed by atoms with Gasteiger partial charge < -0.3 is 15.3 Å². The molecular formula is C17H27BrN2O. The van der Waals surface area contributed by atoms with E-state index in [1.807, 2.05) is 12.1 Å². The summed E-state index contributed by atoms with van der Waals surface area (Å²) >= 11 is 3.48. The highest BCUT2D eigenvalue weighted by molar-refractivity contribution is 9.10. The van der Waals surface area contributed by atoms with Crippen LogP contribution in [0.5, 0.6) is 5.75 Å². The first kappa shape index (κ1) is 16.8. The summed E-state index contributed by atoms with van der Waals surface area (Å²) in [7, 11) is 0. The minimum atomic E-state index is 0.226. The second kappa shape index (κ2) is 8.76. The smallest absolute Gasteiger partial charge is 0.120 e. The minimum Gasteiger partial charge on any atom is -0.508 e. The van der Waals surface area contributed by atoms with Gasteiger partial charge in [0.05, 0.1) is 0 Å². The largest absolute Gasteiger partial charge is 0.508 e. The summed E-state index contributed by atoms with van der Waals surface area (Å²) < 4.78 is 1.02. The zero-order valence-electron chi connectivity index (χ0n) is 12.9. The van der Waals surface area contributed by atoms with E-state index in [4.69, 9.17) is 0 Å². The van der Waals surface area contributed by atoms with E-state index in [2.05, 4.69) is 33.1 Å². The van der Waals surface area contributed by atoms with Crippen molar-refractivity contribution in [1.82, 2.24) is 10.2 Å². The summed E-state index contributed by atoms with van der Waals surface area (Å²) in [6, 6.07) is 5.88. The van der Waals surface area contributed by atoms with Gasteiger partial charge in [0.1, 0.15) is 5.75 Å². The van der Waals surface area contributed by atoms with Crippen molar-refractivity contribution in [2.45, 2.75) is 45.1 Å². The van der Waals surface area contributed by atoms with Crippen molar-refractivity contribution in [2.75, 3.05) is 26.2 Å². The van der Waals surface area contributed by atoms with Crippen LogP contribution in [0.25, 0.3) is 0 Å². The second-order valence-corrected chi connectivity index (χ2v) is 6.79. The van der Waals surface area contributed by atoms with Crippen LogP contribution < -0.4 is 5.32 Å². The van der Waals surface area contributed by atoms with Crippen molar-refractivity contribution in [3.8, 4) is 5.75 Å². The fourth-order valence-corrected chi connectivity index (χ4v) is 3.42. The van der Waals surface area contributed by atoms with E-state index in [1.165, 1.54) is 45.3 Å². The first-order valence-corrected chi connectivity index (χ1v) is 8.94. The van der Waals surface area contributed by atoms with E-state index in [-0.39, 0.29) is 6.04 Å². The monoisotopic (exact) mass is 354 g/mol. The topological polar surface area (TPSA) is 35.5 Å². The summed E-state index contributed by atoms with van der Waals surface area (Å²) in [5.74, 6) is 0.383. The number of piperidine rings is 1. The molecule has 21 heavy (non-hydrogen) atoms. The summed E-state index contributed by atoms with van der Waals surface area (Å²) in [5, 5.41) is 13.6. The van der Waals surface area contributed by atoms with Gasteiger partial charge in [-0.15, -0.1) is 0 Å². The van der Waals surface area contributed by atoms with Crippen LogP contribution in [-0.4, -0.2) is 36.2 Å². The van der Waals surface area contributed by atoms with Gasteiger partial charge in [-0.3, -0.25) is 0 Å². The third-order valence-corrected chi connectivity index (χ3v) is 4.76. The van der Waals surface area contributed by atoms with E-state index in [9.17, 15) is 5.11 Å². The highest BCUT2D eigenvalue weighted by atomic mass is 79.9. The van der Waals surface area contributed by atoms with Crippen LogP contribution in [0.3, 0.4) is 0 Å². The predicted octanol–water partition coefficient (Wildman–Crippen LogP) is 4.07. The van der Waals surface area contributed by atoms with Gasteiger partial charge in [0.15, 0.2) is 0 Å². The Morgan fingerprint density at radius 1 is 1.29 bits per heavy atom. The number of hydrogen-bond acceptors (Lipinski definition) is 3. The Morgan fingerprint density at radius 2 is 2.05 bits per heavy atom. The molecule has 1 atom stereocenters. The SMILES string of the molecule is CCC(NCCCN1CCCCC1)c1cc(Br)ccc1O. The number of benzene rings is 1. The summed E-state index contributed by atoms with van der Waals surface area (Å²) in [6.45, 7) is 6.88. The molecule has 1 aromatic rings.